The summed E-state index contributed by atoms with van der Waals surface area (Å²) in [5, 5.41) is 0. The zero-order valence-electron chi connectivity index (χ0n) is 11.3. The minimum Gasteiger partial charge on any atom is -0.495 e. The van der Waals surface area contributed by atoms with Gasteiger partial charge in [0.1, 0.15) is 5.75 Å². The van der Waals surface area contributed by atoms with Gasteiger partial charge in [0.05, 0.1) is 11.6 Å². The van der Waals surface area contributed by atoms with Crippen LogP contribution in [-0.4, -0.2) is 13.7 Å². The number of rotatable bonds is 4. The number of halogens is 1. The van der Waals surface area contributed by atoms with E-state index in [0.29, 0.717) is 5.92 Å². The molecule has 1 aliphatic carbocycles. The number of benzene rings is 1. The third kappa shape index (κ3) is 2.57. The van der Waals surface area contributed by atoms with E-state index in [4.69, 9.17) is 10.5 Å². The lowest BCUT2D eigenvalue weighted by Crippen LogP contribution is -2.13. The van der Waals surface area contributed by atoms with Crippen molar-refractivity contribution < 1.29 is 4.74 Å². The van der Waals surface area contributed by atoms with Crippen LogP contribution in [-0.2, 0) is 12.8 Å². The van der Waals surface area contributed by atoms with Crippen LogP contribution in [0.25, 0.3) is 0 Å². The van der Waals surface area contributed by atoms with Gasteiger partial charge in [-0.05, 0) is 77.7 Å². The van der Waals surface area contributed by atoms with E-state index >= 15 is 0 Å². The molecule has 2 nitrogen and oxygen atoms in total. The molecule has 0 amide bonds. The maximum Gasteiger partial charge on any atom is 0.136 e. The lowest BCUT2D eigenvalue weighted by Gasteiger charge is -2.26. The summed E-state index contributed by atoms with van der Waals surface area (Å²) in [5.41, 5.74) is 10.1. The third-order valence-corrected chi connectivity index (χ3v) is 4.48. The Hall–Kier alpha value is -0.540. The van der Waals surface area contributed by atoms with E-state index < -0.39 is 0 Å². The Morgan fingerprint density at radius 1 is 1.39 bits per heavy atom. The average molecular weight is 312 g/mol. The van der Waals surface area contributed by atoms with Crippen molar-refractivity contribution >= 4 is 15.9 Å². The summed E-state index contributed by atoms with van der Waals surface area (Å²) in [5.74, 6) is 1.48. The molecule has 0 fully saturated rings. The van der Waals surface area contributed by atoms with Crippen molar-refractivity contribution in [1.82, 2.24) is 0 Å². The van der Waals surface area contributed by atoms with E-state index in [0.717, 1.165) is 23.2 Å². The standard InChI is InChI=1S/C15H22BrNO/c1-10(7-8-17)14-12-6-4-3-5-11(12)9-13(16)15(14)18-2/h9-10H,3-8,17H2,1-2H3. The lowest BCUT2D eigenvalue weighted by molar-refractivity contribution is 0.400. The van der Waals surface area contributed by atoms with Crippen LogP contribution in [0.3, 0.4) is 0 Å². The van der Waals surface area contributed by atoms with Gasteiger partial charge >= 0.3 is 0 Å². The molecule has 0 spiro atoms. The molecule has 1 aliphatic rings. The largest absolute Gasteiger partial charge is 0.495 e. The molecule has 0 bridgehead atoms. The van der Waals surface area contributed by atoms with E-state index in [1.54, 1.807) is 7.11 Å². The second kappa shape index (κ2) is 6.07. The van der Waals surface area contributed by atoms with Gasteiger partial charge in [-0.25, -0.2) is 0 Å². The van der Waals surface area contributed by atoms with Gasteiger partial charge in [0, 0.05) is 5.56 Å². The van der Waals surface area contributed by atoms with Crippen molar-refractivity contribution in [3.63, 3.8) is 0 Å². The van der Waals surface area contributed by atoms with Crippen molar-refractivity contribution in [1.29, 1.82) is 0 Å². The molecule has 1 aromatic carbocycles. The van der Waals surface area contributed by atoms with Gasteiger partial charge in [-0.3, -0.25) is 0 Å². The Morgan fingerprint density at radius 2 is 2.11 bits per heavy atom. The Morgan fingerprint density at radius 3 is 2.78 bits per heavy atom. The molecule has 0 aliphatic heterocycles. The fourth-order valence-corrected chi connectivity index (χ4v) is 3.65. The van der Waals surface area contributed by atoms with Gasteiger partial charge in [-0.2, -0.15) is 0 Å². The molecule has 1 atom stereocenters. The Balaban J connectivity index is 2.54. The Labute approximate surface area is 118 Å². The molecule has 2 rings (SSSR count). The van der Waals surface area contributed by atoms with Crippen LogP contribution in [0.1, 0.15) is 48.8 Å². The topological polar surface area (TPSA) is 35.2 Å². The number of nitrogens with two attached hydrogens (primary N) is 1. The molecular formula is C15H22BrNO. The smallest absolute Gasteiger partial charge is 0.136 e. The number of hydrogen-bond acceptors (Lipinski definition) is 2. The van der Waals surface area contributed by atoms with E-state index in [-0.39, 0.29) is 0 Å². The first kappa shape index (κ1) is 13.9. The molecule has 18 heavy (non-hydrogen) atoms. The van der Waals surface area contributed by atoms with Crippen LogP contribution in [0, 0.1) is 0 Å². The monoisotopic (exact) mass is 311 g/mol. The van der Waals surface area contributed by atoms with Gasteiger partial charge in [0.2, 0.25) is 0 Å². The normalized spacial score (nSPS) is 16.2. The zero-order valence-corrected chi connectivity index (χ0v) is 12.8. The van der Waals surface area contributed by atoms with Crippen LogP contribution < -0.4 is 10.5 Å². The summed E-state index contributed by atoms with van der Waals surface area (Å²) in [7, 11) is 1.76. The minimum atomic E-state index is 0.467. The SMILES string of the molecule is COc1c(Br)cc2c(c1C(C)CCN)CCCC2. The summed E-state index contributed by atoms with van der Waals surface area (Å²) >= 11 is 3.65. The molecular weight excluding hydrogens is 290 g/mol. The van der Waals surface area contributed by atoms with Crippen molar-refractivity contribution in [2.75, 3.05) is 13.7 Å². The van der Waals surface area contributed by atoms with E-state index in [1.807, 2.05) is 0 Å². The number of hydrogen-bond donors (Lipinski definition) is 1. The van der Waals surface area contributed by atoms with Gasteiger partial charge in [0.25, 0.3) is 0 Å². The summed E-state index contributed by atoms with van der Waals surface area (Å²) in [6, 6.07) is 2.24. The maximum absolute atomic E-state index is 5.72. The van der Waals surface area contributed by atoms with Gasteiger partial charge in [-0.1, -0.05) is 6.92 Å². The predicted molar refractivity (Wildman–Crippen MR) is 79.4 cm³/mol. The first-order valence-electron chi connectivity index (χ1n) is 6.77. The number of methoxy groups -OCH3 is 1. The average Bonchev–Trinajstić information content (AvgIpc) is 2.37. The molecule has 0 radical (unpaired) electrons. The molecule has 3 heteroatoms. The molecule has 2 N–H and O–H groups in total. The molecule has 0 aromatic heterocycles. The maximum atomic E-state index is 5.72. The summed E-state index contributed by atoms with van der Waals surface area (Å²) in [6.45, 7) is 2.98. The van der Waals surface area contributed by atoms with Crippen molar-refractivity contribution in [2.45, 2.75) is 44.9 Å². The molecule has 1 unspecified atom stereocenters. The number of aryl methyl sites for hydroxylation is 1. The summed E-state index contributed by atoms with van der Waals surface area (Å²) < 4.78 is 6.71. The number of fused-ring (bicyclic) bond motifs is 1. The minimum absolute atomic E-state index is 0.467. The zero-order chi connectivity index (χ0) is 13.1. The lowest BCUT2D eigenvalue weighted by atomic mass is 9.82. The van der Waals surface area contributed by atoms with Crippen LogP contribution in [0.15, 0.2) is 10.5 Å². The van der Waals surface area contributed by atoms with Crippen molar-refractivity contribution in [3.05, 3.63) is 27.2 Å². The van der Waals surface area contributed by atoms with Crippen LogP contribution in [0.5, 0.6) is 5.75 Å². The highest BCUT2D eigenvalue weighted by Gasteiger charge is 2.23. The Bertz CT molecular complexity index is 431. The molecule has 100 valence electrons. The first-order valence-corrected chi connectivity index (χ1v) is 7.56. The molecule has 0 saturated carbocycles. The molecule has 1 aromatic rings. The molecule has 0 heterocycles. The van der Waals surface area contributed by atoms with Gasteiger partial charge in [0.15, 0.2) is 0 Å². The highest BCUT2D eigenvalue weighted by Crippen LogP contribution is 2.41. The fourth-order valence-electron chi connectivity index (χ4n) is 3.00. The second-order valence-electron chi connectivity index (χ2n) is 5.13. The number of ether oxygens (including phenoxy) is 1. The first-order chi connectivity index (χ1) is 8.69. The highest BCUT2D eigenvalue weighted by molar-refractivity contribution is 9.10. The van der Waals surface area contributed by atoms with Crippen LogP contribution in [0.4, 0.5) is 0 Å². The molecule has 0 saturated heterocycles. The van der Waals surface area contributed by atoms with Crippen molar-refractivity contribution in [2.24, 2.45) is 5.73 Å². The second-order valence-corrected chi connectivity index (χ2v) is 5.98. The van der Waals surface area contributed by atoms with Gasteiger partial charge < -0.3 is 10.5 Å². The van der Waals surface area contributed by atoms with E-state index in [9.17, 15) is 0 Å². The van der Waals surface area contributed by atoms with Gasteiger partial charge in [-0.15, -0.1) is 0 Å². The predicted octanol–water partition coefficient (Wildman–Crippen LogP) is 3.79. The highest BCUT2D eigenvalue weighted by atomic mass is 79.9. The Kier molecular flexibility index (Phi) is 4.68. The van der Waals surface area contributed by atoms with E-state index in [2.05, 4.69) is 28.9 Å². The van der Waals surface area contributed by atoms with Crippen LogP contribution in [0.2, 0.25) is 0 Å². The van der Waals surface area contributed by atoms with E-state index in [1.165, 1.54) is 42.4 Å². The quantitative estimate of drug-likeness (QED) is 0.918. The van der Waals surface area contributed by atoms with Crippen LogP contribution >= 0.6 is 15.9 Å². The third-order valence-electron chi connectivity index (χ3n) is 3.89. The summed E-state index contributed by atoms with van der Waals surface area (Å²) in [6.07, 6.45) is 5.99. The van der Waals surface area contributed by atoms with Crippen molar-refractivity contribution in [3.8, 4) is 5.75 Å². The fraction of sp³-hybridized carbons (Fsp3) is 0.600. The summed E-state index contributed by atoms with van der Waals surface area (Å²) in [4.78, 5) is 0.